The molecule has 1 amide bonds. The maximum atomic E-state index is 12.4. The third kappa shape index (κ3) is 4.40. The van der Waals surface area contributed by atoms with Gasteiger partial charge in [-0.1, -0.05) is 52.5 Å². The van der Waals surface area contributed by atoms with Crippen LogP contribution >= 0.6 is 46.4 Å². The van der Waals surface area contributed by atoms with Crippen LogP contribution in [0.4, 0.5) is 0 Å². The van der Waals surface area contributed by atoms with Crippen molar-refractivity contribution in [3.8, 4) is 0 Å². The largest absolute Gasteiger partial charge is 0.335 e. The number of carbonyl (C=O) groups excluding carboxylic acids is 1. The van der Waals surface area contributed by atoms with E-state index in [0.717, 1.165) is 5.56 Å². The van der Waals surface area contributed by atoms with Crippen molar-refractivity contribution < 1.29 is 13.2 Å². The SMILES string of the molecule is Cc1ccc(S(=O)(=O)[C@@H](NC(=O)CCl)C(Cl)(Cl)Cl)cc1. The van der Waals surface area contributed by atoms with E-state index >= 15 is 0 Å². The lowest BCUT2D eigenvalue weighted by Gasteiger charge is -2.25. The molecule has 0 aliphatic heterocycles. The van der Waals surface area contributed by atoms with E-state index in [1.165, 1.54) is 12.1 Å². The second-order valence-corrected chi connectivity index (χ2v) is 8.65. The van der Waals surface area contributed by atoms with E-state index < -0.39 is 30.8 Å². The zero-order chi connectivity index (χ0) is 15.6. The van der Waals surface area contributed by atoms with Crippen LogP contribution in [0.2, 0.25) is 0 Å². The van der Waals surface area contributed by atoms with Crippen LogP contribution < -0.4 is 5.32 Å². The normalized spacial score (nSPS) is 13.8. The van der Waals surface area contributed by atoms with Gasteiger partial charge in [-0.05, 0) is 19.1 Å². The van der Waals surface area contributed by atoms with E-state index in [1.54, 1.807) is 19.1 Å². The minimum Gasteiger partial charge on any atom is -0.335 e. The van der Waals surface area contributed by atoms with Crippen molar-refractivity contribution in [3.63, 3.8) is 0 Å². The van der Waals surface area contributed by atoms with E-state index in [2.05, 4.69) is 5.32 Å². The van der Waals surface area contributed by atoms with E-state index in [4.69, 9.17) is 46.4 Å². The Morgan fingerprint density at radius 3 is 2.15 bits per heavy atom. The maximum absolute atomic E-state index is 12.4. The van der Waals surface area contributed by atoms with Crippen molar-refractivity contribution in [2.24, 2.45) is 0 Å². The molecule has 0 unspecified atom stereocenters. The zero-order valence-corrected chi connectivity index (χ0v) is 14.1. The topological polar surface area (TPSA) is 63.2 Å². The van der Waals surface area contributed by atoms with Crippen LogP contribution in [0.5, 0.6) is 0 Å². The Labute approximate surface area is 137 Å². The van der Waals surface area contributed by atoms with Gasteiger partial charge in [0.15, 0.2) is 5.37 Å². The fourth-order valence-corrected chi connectivity index (χ4v) is 4.11. The number of aryl methyl sites for hydroxylation is 1. The van der Waals surface area contributed by atoms with Crippen molar-refractivity contribution >= 4 is 62.1 Å². The predicted molar refractivity (Wildman–Crippen MR) is 81.3 cm³/mol. The fourth-order valence-electron chi connectivity index (χ4n) is 1.38. The van der Waals surface area contributed by atoms with Gasteiger partial charge in [-0.2, -0.15) is 0 Å². The first-order valence-corrected chi connectivity index (χ1v) is 8.53. The van der Waals surface area contributed by atoms with Gasteiger partial charge in [0, 0.05) is 0 Å². The van der Waals surface area contributed by atoms with E-state index in [9.17, 15) is 13.2 Å². The van der Waals surface area contributed by atoms with Gasteiger partial charge in [0.05, 0.1) is 4.90 Å². The second kappa shape index (κ2) is 6.71. The number of halogens is 4. The van der Waals surface area contributed by atoms with Crippen molar-refractivity contribution in [1.29, 1.82) is 0 Å². The quantitative estimate of drug-likeness (QED) is 0.819. The first-order valence-electron chi connectivity index (χ1n) is 5.31. The molecule has 20 heavy (non-hydrogen) atoms. The van der Waals surface area contributed by atoms with Gasteiger partial charge >= 0.3 is 0 Å². The fraction of sp³-hybridized carbons (Fsp3) is 0.364. The third-order valence-electron chi connectivity index (χ3n) is 2.37. The molecule has 0 heterocycles. The number of sulfone groups is 1. The smallest absolute Gasteiger partial charge is 0.236 e. The van der Waals surface area contributed by atoms with Gasteiger partial charge < -0.3 is 5.32 Å². The standard InChI is InChI=1S/C11H11Cl4NO3S/c1-7-2-4-8(5-3-7)20(18,19)10(11(13,14)15)16-9(17)6-12/h2-5,10H,6H2,1H3,(H,16,17)/t10-/m1/s1. The van der Waals surface area contributed by atoms with Gasteiger partial charge in [0.2, 0.25) is 19.5 Å². The first-order chi connectivity index (χ1) is 9.09. The highest BCUT2D eigenvalue weighted by Crippen LogP contribution is 2.35. The molecule has 1 N–H and O–H groups in total. The van der Waals surface area contributed by atoms with Gasteiger partial charge in [0.25, 0.3) is 0 Å². The highest BCUT2D eigenvalue weighted by Gasteiger charge is 2.44. The third-order valence-corrected chi connectivity index (χ3v) is 5.68. The maximum Gasteiger partial charge on any atom is 0.236 e. The van der Waals surface area contributed by atoms with Crippen molar-refractivity contribution in [1.82, 2.24) is 5.32 Å². The van der Waals surface area contributed by atoms with Crippen LogP contribution in [-0.2, 0) is 14.6 Å². The molecule has 9 heteroatoms. The van der Waals surface area contributed by atoms with Gasteiger partial charge in [-0.25, -0.2) is 8.42 Å². The van der Waals surface area contributed by atoms with Crippen molar-refractivity contribution in [2.75, 3.05) is 5.88 Å². The summed E-state index contributed by atoms with van der Waals surface area (Å²) in [5, 5.41) is 0.378. The molecule has 0 spiro atoms. The molecule has 1 rings (SSSR count). The van der Waals surface area contributed by atoms with E-state index in [0.29, 0.717) is 0 Å². The second-order valence-electron chi connectivity index (χ2n) is 3.98. The molecule has 0 saturated heterocycles. The monoisotopic (exact) mass is 377 g/mol. The van der Waals surface area contributed by atoms with Crippen LogP contribution in [0.25, 0.3) is 0 Å². The summed E-state index contributed by atoms with van der Waals surface area (Å²) < 4.78 is 22.6. The Balaban J connectivity index is 3.24. The first kappa shape index (κ1) is 17.9. The molecule has 0 fully saturated rings. The van der Waals surface area contributed by atoms with Crippen LogP contribution in [0.15, 0.2) is 29.2 Å². The summed E-state index contributed by atoms with van der Waals surface area (Å²) in [5.74, 6) is -1.20. The molecule has 1 aromatic carbocycles. The lowest BCUT2D eigenvalue weighted by molar-refractivity contribution is -0.118. The minimum atomic E-state index is -4.07. The van der Waals surface area contributed by atoms with Crippen LogP contribution in [0.1, 0.15) is 5.56 Å². The zero-order valence-electron chi connectivity index (χ0n) is 10.2. The molecule has 1 aromatic rings. The average Bonchev–Trinajstić information content (AvgIpc) is 2.34. The van der Waals surface area contributed by atoms with Gasteiger partial charge in [-0.3, -0.25) is 4.79 Å². The molecule has 0 aromatic heterocycles. The summed E-state index contributed by atoms with van der Waals surface area (Å²) in [7, 11) is -4.07. The van der Waals surface area contributed by atoms with Crippen molar-refractivity contribution in [2.45, 2.75) is 21.0 Å². The molecule has 0 saturated carbocycles. The summed E-state index contributed by atoms with van der Waals surface area (Å²) in [6.45, 7) is 1.80. The van der Waals surface area contributed by atoms with Crippen LogP contribution in [0, 0.1) is 6.92 Å². The molecule has 0 aliphatic rings. The molecular formula is C11H11Cl4NO3S. The van der Waals surface area contributed by atoms with Crippen LogP contribution in [-0.4, -0.2) is 29.4 Å². The summed E-state index contributed by atoms with van der Waals surface area (Å²) in [5.41, 5.74) is 0.874. The minimum absolute atomic E-state index is 0.0608. The molecule has 0 radical (unpaired) electrons. The molecule has 112 valence electrons. The molecule has 4 nitrogen and oxygen atoms in total. The summed E-state index contributed by atoms with van der Waals surface area (Å²) in [6.07, 6.45) is 0. The Kier molecular flexibility index (Phi) is 5.99. The average molecular weight is 379 g/mol. The lowest BCUT2D eigenvalue weighted by Crippen LogP contribution is -2.49. The Bertz CT molecular complexity index is 581. The van der Waals surface area contributed by atoms with Gasteiger partial charge in [0.1, 0.15) is 5.88 Å². The number of benzene rings is 1. The summed E-state index contributed by atoms with van der Waals surface area (Å²) in [4.78, 5) is 11.3. The van der Waals surface area contributed by atoms with E-state index in [-0.39, 0.29) is 4.90 Å². The molecule has 0 bridgehead atoms. The molecule has 1 atom stereocenters. The Morgan fingerprint density at radius 2 is 1.75 bits per heavy atom. The lowest BCUT2D eigenvalue weighted by atomic mass is 10.2. The summed E-state index contributed by atoms with van der Waals surface area (Å²) >= 11 is 22.3. The van der Waals surface area contributed by atoms with Crippen LogP contribution in [0.3, 0.4) is 0 Å². The van der Waals surface area contributed by atoms with Crippen molar-refractivity contribution in [3.05, 3.63) is 29.8 Å². The summed E-state index contributed by atoms with van der Waals surface area (Å²) in [6, 6.07) is 5.96. The Hall–Kier alpha value is -0.200. The molecular weight excluding hydrogens is 368 g/mol. The van der Waals surface area contributed by atoms with Gasteiger partial charge in [-0.15, -0.1) is 11.6 Å². The number of rotatable bonds is 4. The molecule has 0 aliphatic carbocycles. The number of hydrogen-bond acceptors (Lipinski definition) is 3. The number of amides is 1. The number of carbonyl (C=O) groups is 1. The number of alkyl halides is 4. The van der Waals surface area contributed by atoms with E-state index in [1.807, 2.05) is 0 Å². The predicted octanol–water partition coefficient (Wildman–Crippen LogP) is 2.82. The highest BCUT2D eigenvalue weighted by atomic mass is 35.6. The Morgan fingerprint density at radius 1 is 1.25 bits per heavy atom. The number of nitrogens with one attached hydrogen (secondary N) is 1. The highest BCUT2D eigenvalue weighted by molar-refractivity contribution is 7.92. The number of hydrogen-bond donors (Lipinski definition) is 1.